The Hall–Kier alpha value is -0.900. The molecule has 3 N–H and O–H groups in total. The Kier molecular flexibility index (Phi) is 11.2. The highest BCUT2D eigenvalue weighted by Gasteiger charge is 2.34. The lowest BCUT2D eigenvalue weighted by molar-refractivity contribution is 0.127. The number of rotatable bonds is 9. The number of nitrogens with one attached hydrogen (secondary N) is 2. The highest BCUT2D eigenvalue weighted by atomic mass is 127. The van der Waals surface area contributed by atoms with Gasteiger partial charge in [-0.15, -0.1) is 24.0 Å². The van der Waals surface area contributed by atoms with Crippen molar-refractivity contribution in [3.8, 4) is 0 Å². The average Bonchev–Trinajstić information content (AvgIpc) is 3.11. The van der Waals surface area contributed by atoms with E-state index in [9.17, 15) is 5.11 Å². The molecule has 6 nitrogen and oxygen atoms in total. The summed E-state index contributed by atoms with van der Waals surface area (Å²) in [5.41, 5.74) is 2.57. The van der Waals surface area contributed by atoms with Gasteiger partial charge in [0.1, 0.15) is 0 Å². The first-order chi connectivity index (χ1) is 12.6. The molecule has 0 radical (unpaired) electrons. The molecule has 0 bridgehead atoms. The van der Waals surface area contributed by atoms with Crippen molar-refractivity contribution in [3.63, 3.8) is 0 Å². The Morgan fingerprint density at radius 1 is 1.33 bits per heavy atom. The number of aliphatic hydroxyl groups excluding tert-OH is 1. The standard InChI is InChI=1S/C20H34N4O2.HI/c1-4-24(3)14-18-7-5-6-17(12-18)13-22-19(21-2)23-15-20(8-10-25)9-11-26-16-20;/h5-7,12,25H,4,8-11,13-16H2,1-3H3,(H2,21,22,23);1H. The largest absolute Gasteiger partial charge is 0.396 e. The molecule has 1 saturated heterocycles. The van der Waals surface area contributed by atoms with E-state index in [2.05, 4.69) is 58.8 Å². The van der Waals surface area contributed by atoms with E-state index in [0.717, 1.165) is 51.6 Å². The van der Waals surface area contributed by atoms with Gasteiger partial charge >= 0.3 is 0 Å². The molecule has 154 valence electrons. The smallest absolute Gasteiger partial charge is 0.191 e. The van der Waals surface area contributed by atoms with Crippen LogP contribution in [-0.2, 0) is 17.8 Å². The molecule has 1 fully saturated rings. The molecule has 2 rings (SSSR count). The molecular formula is C20H35IN4O2. The lowest BCUT2D eigenvalue weighted by atomic mass is 9.84. The van der Waals surface area contributed by atoms with Crippen molar-refractivity contribution < 1.29 is 9.84 Å². The summed E-state index contributed by atoms with van der Waals surface area (Å²) in [5, 5.41) is 16.1. The van der Waals surface area contributed by atoms with Crippen molar-refractivity contribution in [2.45, 2.75) is 32.9 Å². The summed E-state index contributed by atoms with van der Waals surface area (Å²) in [6.07, 6.45) is 1.73. The Bertz CT molecular complexity index is 577. The van der Waals surface area contributed by atoms with E-state index < -0.39 is 0 Å². The van der Waals surface area contributed by atoms with Crippen LogP contribution in [-0.4, -0.2) is 63.0 Å². The molecule has 0 saturated carbocycles. The SMILES string of the molecule is CCN(C)Cc1cccc(CNC(=NC)NCC2(CCO)CCOC2)c1.I. The zero-order valence-electron chi connectivity index (χ0n) is 16.8. The second kappa shape index (κ2) is 12.5. The van der Waals surface area contributed by atoms with Gasteiger partial charge in [-0.1, -0.05) is 31.2 Å². The summed E-state index contributed by atoms with van der Waals surface area (Å²) in [7, 11) is 3.91. The van der Waals surface area contributed by atoms with E-state index in [1.165, 1.54) is 11.1 Å². The number of halogens is 1. The van der Waals surface area contributed by atoms with Crippen LogP contribution in [0.1, 0.15) is 30.9 Å². The van der Waals surface area contributed by atoms with E-state index in [1.807, 2.05) is 0 Å². The maximum atomic E-state index is 9.34. The Balaban J connectivity index is 0.00000364. The number of aliphatic hydroxyl groups is 1. The van der Waals surface area contributed by atoms with Crippen LogP contribution in [0.5, 0.6) is 0 Å². The van der Waals surface area contributed by atoms with Crippen LogP contribution in [0.2, 0.25) is 0 Å². The molecule has 1 atom stereocenters. The van der Waals surface area contributed by atoms with Crippen molar-refractivity contribution in [2.24, 2.45) is 10.4 Å². The van der Waals surface area contributed by atoms with Gasteiger partial charge in [-0.2, -0.15) is 0 Å². The van der Waals surface area contributed by atoms with Gasteiger partial charge in [0.15, 0.2) is 5.96 Å². The molecule has 0 amide bonds. The van der Waals surface area contributed by atoms with Crippen molar-refractivity contribution in [2.75, 3.05) is 47.0 Å². The molecular weight excluding hydrogens is 455 g/mol. The summed E-state index contributed by atoms with van der Waals surface area (Å²) < 4.78 is 5.55. The maximum absolute atomic E-state index is 9.34. The minimum Gasteiger partial charge on any atom is -0.396 e. The van der Waals surface area contributed by atoms with Gasteiger partial charge < -0.3 is 25.4 Å². The van der Waals surface area contributed by atoms with Gasteiger partial charge in [-0.3, -0.25) is 4.99 Å². The van der Waals surface area contributed by atoms with Gasteiger partial charge in [0, 0.05) is 45.3 Å². The van der Waals surface area contributed by atoms with Crippen molar-refractivity contribution >= 4 is 29.9 Å². The molecule has 1 heterocycles. The molecule has 1 aromatic carbocycles. The molecule has 27 heavy (non-hydrogen) atoms. The summed E-state index contributed by atoms with van der Waals surface area (Å²) in [4.78, 5) is 6.61. The van der Waals surface area contributed by atoms with E-state index in [0.29, 0.717) is 6.61 Å². The lowest BCUT2D eigenvalue weighted by Gasteiger charge is -2.27. The minimum atomic E-state index is 0. The van der Waals surface area contributed by atoms with Crippen LogP contribution in [0.15, 0.2) is 29.3 Å². The topological polar surface area (TPSA) is 69.1 Å². The summed E-state index contributed by atoms with van der Waals surface area (Å²) in [6.45, 7) is 7.31. The first-order valence-corrected chi connectivity index (χ1v) is 9.50. The van der Waals surface area contributed by atoms with Gasteiger partial charge in [0.05, 0.1) is 6.61 Å². The van der Waals surface area contributed by atoms with Crippen molar-refractivity contribution in [3.05, 3.63) is 35.4 Å². The number of hydrogen-bond donors (Lipinski definition) is 3. The highest BCUT2D eigenvalue weighted by molar-refractivity contribution is 14.0. The first-order valence-electron chi connectivity index (χ1n) is 9.50. The fourth-order valence-electron chi connectivity index (χ4n) is 3.25. The number of hydrogen-bond acceptors (Lipinski definition) is 4. The molecule has 1 aliphatic heterocycles. The quantitative estimate of drug-likeness (QED) is 0.282. The zero-order chi connectivity index (χ0) is 18.8. The van der Waals surface area contributed by atoms with Crippen LogP contribution in [0.4, 0.5) is 0 Å². The van der Waals surface area contributed by atoms with E-state index >= 15 is 0 Å². The Labute approximate surface area is 180 Å². The predicted octanol–water partition coefficient (Wildman–Crippen LogP) is 2.21. The zero-order valence-corrected chi connectivity index (χ0v) is 19.2. The minimum absolute atomic E-state index is 0. The number of ether oxygens (including phenoxy) is 1. The number of nitrogens with zero attached hydrogens (tertiary/aromatic N) is 2. The van der Waals surface area contributed by atoms with Gasteiger partial charge in [0.25, 0.3) is 0 Å². The molecule has 7 heteroatoms. The molecule has 1 unspecified atom stereocenters. The van der Waals surface area contributed by atoms with Crippen molar-refractivity contribution in [1.29, 1.82) is 0 Å². The monoisotopic (exact) mass is 490 g/mol. The van der Waals surface area contributed by atoms with Gasteiger partial charge in [-0.05, 0) is 37.6 Å². The second-order valence-electron chi connectivity index (χ2n) is 7.21. The summed E-state index contributed by atoms with van der Waals surface area (Å²) in [5.74, 6) is 0.783. The van der Waals surface area contributed by atoms with Crippen LogP contribution >= 0.6 is 24.0 Å². The predicted molar refractivity (Wildman–Crippen MR) is 122 cm³/mol. The third kappa shape index (κ3) is 7.93. The summed E-state index contributed by atoms with van der Waals surface area (Å²) >= 11 is 0. The van der Waals surface area contributed by atoms with Crippen LogP contribution < -0.4 is 10.6 Å². The Morgan fingerprint density at radius 2 is 2.11 bits per heavy atom. The summed E-state index contributed by atoms with van der Waals surface area (Å²) in [6, 6.07) is 8.65. The lowest BCUT2D eigenvalue weighted by Crippen LogP contribution is -2.44. The number of aliphatic imine (C=N–C) groups is 1. The van der Waals surface area contributed by atoms with Crippen LogP contribution in [0.25, 0.3) is 0 Å². The van der Waals surface area contributed by atoms with E-state index in [-0.39, 0.29) is 36.0 Å². The van der Waals surface area contributed by atoms with Gasteiger partial charge in [0.2, 0.25) is 0 Å². The van der Waals surface area contributed by atoms with Crippen LogP contribution in [0, 0.1) is 5.41 Å². The molecule has 0 aliphatic carbocycles. The third-order valence-electron chi connectivity index (χ3n) is 5.13. The van der Waals surface area contributed by atoms with Crippen molar-refractivity contribution in [1.82, 2.24) is 15.5 Å². The van der Waals surface area contributed by atoms with Crippen LogP contribution in [0.3, 0.4) is 0 Å². The fourth-order valence-corrected chi connectivity index (χ4v) is 3.25. The fraction of sp³-hybridized carbons (Fsp3) is 0.650. The first kappa shape index (κ1) is 24.1. The third-order valence-corrected chi connectivity index (χ3v) is 5.13. The van der Waals surface area contributed by atoms with Gasteiger partial charge in [-0.25, -0.2) is 0 Å². The molecule has 0 spiro atoms. The maximum Gasteiger partial charge on any atom is 0.191 e. The Morgan fingerprint density at radius 3 is 2.74 bits per heavy atom. The molecule has 0 aromatic heterocycles. The average molecular weight is 490 g/mol. The second-order valence-corrected chi connectivity index (χ2v) is 7.21. The number of guanidine groups is 1. The van der Waals surface area contributed by atoms with E-state index in [4.69, 9.17) is 4.74 Å². The normalized spacial score (nSPS) is 19.8. The molecule has 1 aromatic rings. The number of benzene rings is 1. The van der Waals surface area contributed by atoms with E-state index in [1.54, 1.807) is 7.05 Å². The highest BCUT2D eigenvalue weighted by Crippen LogP contribution is 2.31. The molecule has 1 aliphatic rings.